The van der Waals surface area contributed by atoms with Gasteiger partial charge in [-0.25, -0.2) is 0 Å². The Hall–Kier alpha value is -1.96. The molecule has 0 saturated heterocycles. The summed E-state index contributed by atoms with van der Waals surface area (Å²) in [5, 5.41) is 18.3. The predicted molar refractivity (Wildman–Crippen MR) is 83.9 cm³/mol. The van der Waals surface area contributed by atoms with Crippen molar-refractivity contribution in [1.29, 1.82) is 0 Å². The van der Waals surface area contributed by atoms with Gasteiger partial charge < -0.3 is 11.1 Å². The number of aromatic nitrogens is 2. The average molecular weight is 321 g/mol. The number of aryl methyl sites for hydroxylation is 2. The van der Waals surface area contributed by atoms with Crippen LogP contribution in [0.25, 0.3) is 0 Å². The maximum absolute atomic E-state index is 12.7. The molecule has 2 fully saturated rings. The van der Waals surface area contributed by atoms with Crippen LogP contribution in [0.4, 0.5) is 5.69 Å². The van der Waals surface area contributed by atoms with Crippen molar-refractivity contribution in [3.8, 4) is 0 Å². The largest absolute Gasteiger partial charge is 0.347 e. The molecule has 126 valence electrons. The highest BCUT2D eigenvalue weighted by atomic mass is 16.6. The van der Waals surface area contributed by atoms with Gasteiger partial charge in [0.2, 0.25) is 5.69 Å². The minimum Gasteiger partial charge on any atom is -0.347 e. The highest BCUT2D eigenvalue weighted by Gasteiger charge is 2.41. The predicted octanol–water partition coefficient (Wildman–Crippen LogP) is 1.27. The first-order chi connectivity index (χ1) is 10.9. The van der Waals surface area contributed by atoms with Crippen molar-refractivity contribution in [3.63, 3.8) is 0 Å². The number of carbonyl (C=O) groups is 1. The van der Waals surface area contributed by atoms with E-state index in [1.54, 1.807) is 14.0 Å². The first kappa shape index (κ1) is 15.9. The van der Waals surface area contributed by atoms with Crippen LogP contribution in [-0.2, 0) is 7.05 Å². The molecule has 2 unspecified atom stereocenters. The van der Waals surface area contributed by atoms with Crippen LogP contribution in [0.2, 0.25) is 0 Å². The van der Waals surface area contributed by atoms with Crippen molar-refractivity contribution >= 4 is 11.6 Å². The van der Waals surface area contributed by atoms with Gasteiger partial charge in [-0.1, -0.05) is 6.42 Å². The van der Waals surface area contributed by atoms with Crippen LogP contribution in [0.15, 0.2) is 0 Å². The Labute approximate surface area is 134 Å². The van der Waals surface area contributed by atoms with E-state index in [0.717, 1.165) is 25.7 Å². The van der Waals surface area contributed by atoms with Gasteiger partial charge in [-0.05, 0) is 44.4 Å². The normalized spacial score (nSPS) is 30.0. The van der Waals surface area contributed by atoms with E-state index >= 15 is 0 Å². The Bertz CT molecular complexity index is 627. The Morgan fingerprint density at radius 2 is 2.00 bits per heavy atom. The highest BCUT2D eigenvalue weighted by molar-refractivity contribution is 5.97. The summed E-state index contributed by atoms with van der Waals surface area (Å²) < 4.78 is 1.30. The Morgan fingerprint density at radius 1 is 1.39 bits per heavy atom. The highest BCUT2D eigenvalue weighted by Crippen LogP contribution is 2.40. The van der Waals surface area contributed by atoms with Gasteiger partial charge in [-0.15, -0.1) is 0 Å². The second-order valence-corrected chi connectivity index (χ2v) is 6.85. The van der Waals surface area contributed by atoms with Crippen LogP contribution in [0, 0.1) is 28.9 Å². The van der Waals surface area contributed by atoms with Crippen molar-refractivity contribution in [2.75, 3.05) is 0 Å². The quantitative estimate of drug-likeness (QED) is 0.642. The molecule has 0 aliphatic heterocycles. The van der Waals surface area contributed by atoms with E-state index in [1.807, 2.05) is 0 Å². The number of rotatable bonds is 3. The lowest BCUT2D eigenvalue weighted by molar-refractivity contribution is -0.385. The number of hydrogen-bond acceptors (Lipinski definition) is 5. The molecule has 8 heteroatoms. The molecule has 8 nitrogen and oxygen atoms in total. The lowest BCUT2D eigenvalue weighted by Crippen LogP contribution is -2.54. The van der Waals surface area contributed by atoms with Crippen LogP contribution >= 0.6 is 0 Å². The molecule has 2 atom stereocenters. The third-order valence-corrected chi connectivity index (χ3v) is 5.26. The topological polar surface area (TPSA) is 116 Å². The third-order valence-electron chi connectivity index (χ3n) is 5.26. The van der Waals surface area contributed by atoms with Gasteiger partial charge in [0, 0.05) is 19.1 Å². The molecule has 3 N–H and O–H groups in total. The summed E-state index contributed by atoms with van der Waals surface area (Å²) in [5.41, 5.74) is 6.18. The smallest absolute Gasteiger partial charge is 0.322 e. The zero-order valence-electron chi connectivity index (χ0n) is 13.5. The second-order valence-electron chi connectivity index (χ2n) is 6.85. The molecule has 1 heterocycles. The van der Waals surface area contributed by atoms with Gasteiger partial charge in [0.15, 0.2) is 0 Å². The van der Waals surface area contributed by atoms with Gasteiger partial charge >= 0.3 is 5.69 Å². The monoisotopic (exact) mass is 321 g/mol. The van der Waals surface area contributed by atoms with Crippen LogP contribution in [0.5, 0.6) is 0 Å². The van der Waals surface area contributed by atoms with Crippen LogP contribution < -0.4 is 11.1 Å². The average Bonchev–Trinajstić information content (AvgIpc) is 2.74. The maximum atomic E-state index is 12.7. The molecule has 2 aliphatic rings. The van der Waals surface area contributed by atoms with Gasteiger partial charge in [-0.3, -0.25) is 19.6 Å². The number of fused-ring (bicyclic) bond motifs is 2. The minimum atomic E-state index is -0.533. The van der Waals surface area contributed by atoms with Crippen molar-refractivity contribution in [3.05, 3.63) is 21.5 Å². The second kappa shape index (κ2) is 5.92. The van der Waals surface area contributed by atoms with Gasteiger partial charge in [0.25, 0.3) is 5.91 Å². The fraction of sp³-hybridized carbons (Fsp3) is 0.733. The maximum Gasteiger partial charge on any atom is 0.322 e. The zero-order valence-corrected chi connectivity index (χ0v) is 13.5. The number of nitrogens with zero attached hydrogens (tertiary/aromatic N) is 3. The SMILES string of the molecule is Cc1nn(C)c(C(=O)NC2C3CCCC2CC(N)C3)c1[N+](=O)[O-]. The molecule has 1 aromatic rings. The number of hydrogen-bond donors (Lipinski definition) is 2. The number of nitrogens with one attached hydrogen (secondary N) is 1. The Balaban J connectivity index is 1.84. The molecule has 2 bridgehead atoms. The molecular weight excluding hydrogens is 298 g/mol. The summed E-state index contributed by atoms with van der Waals surface area (Å²) in [5.74, 6) is 0.335. The molecule has 2 aliphatic carbocycles. The van der Waals surface area contributed by atoms with Gasteiger partial charge in [0.1, 0.15) is 5.69 Å². The lowest BCUT2D eigenvalue weighted by atomic mass is 9.67. The van der Waals surface area contributed by atoms with E-state index in [1.165, 1.54) is 11.1 Å². The van der Waals surface area contributed by atoms with E-state index in [4.69, 9.17) is 5.73 Å². The zero-order chi connectivity index (χ0) is 16.7. The molecule has 0 radical (unpaired) electrons. The van der Waals surface area contributed by atoms with E-state index in [9.17, 15) is 14.9 Å². The van der Waals surface area contributed by atoms with Crippen molar-refractivity contribution in [2.45, 2.75) is 51.1 Å². The molecule has 0 aromatic carbocycles. The number of carbonyl (C=O) groups excluding carboxylic acids is 1. The fourth-order valence-electron chi connectivity index (χ4n) is 4.36. The molecule has 1 aromatic heterocycles. The van der Waals surface area contributed by atoms with E-state index in [-0.39, 0.29) is 29.2 Å². The van der Waals surface area contributed by atoms with Crippen molar-refractivity contribution < 1.29 is 9.72 Å². The van der Waals surface area contributed by atoms with Gasteiger partial charge in [-0.2, -0.15) is 5.10 Å². The Morgan fingerprint density at radius 3 is 2.57 bits per heavy atom. The van der Waals surface area contributed by atoms with Crippen LogP contribution in [-0.4, -0.2) is 32.7 Å². The van der Waals surface area contributed by atoms with E-state index in [0.29, 0.717) is 11.8 Å². The number of nitrogens with two attached hydrogens (primary N) is 1. The van der Waals surface area contributed by atoms with Crippen molar-refractivity contribution in [2.24, 2.45) is 24.6 Å². The molecule has 1 amide bonds. The van der Waals surface area contributed by atoms with E-state index in [2.05, 4.69) is 10.4 Å². The molecular formula is C15H23N5O3. The minimum absolute atomic E-state index is 0.0282. The summed E-state index contributed by atoms with van der Waals surface area (Å²) in [6.07, 6.45) is 5.10. The molecule has 23 heavy (non-hydrogen) atoms. The fourth-order valence-corrected chi connectivity index (χ4v) is 4.36. The van der Waals surface area contributed by atoms with Crippen LogP contribution in [0.3, 0.4) is 0 Å². The number of nitro groups is 1. The number of amides is 1. The molecule has 3 rings (SSSR count). The summed E-state index contributed by atoms with van der Waals surface area (Å²) >= 11 is 0. The summed E-state index contributed by atoms with van der Waals surface area (Å²) in [6, 6.07) is 0.262. The standard InChI is InChI=1S/C15H23N5O3/c1-8-13(20(22)23)14(19(2)18-8)15(21)17-12-9-4-3-5-10(12)7-11(16)6-9/h9-12H,3-7,16H2,1-2H3,(H,17,21). The molecule has 2 saturated carbocycles. The lowest BCUT2D eigenvalue weighted by Gasteiger charge is -2.45. The molecule has 0 spiro atoms. The third kappa shape index (κ3) is 2.83. The summed E-state index contributed by atoms with van der Waals surface area (Å²) in [6.45, 7) is 1.54. The van der Waals surface area contributed by atoms with Gasteiger partial charge in [0.05, 0.1) is 4.92 Å². The first-order valence-electron chi connectivity index (χ1n) is 8.13. The first-order valence-corrected chi connectivity index (χ1v) is 8.13. The van der Waals surface area contributed by atoms with Crippen LogP contribution in [0.1, 0.15) is 48.3 Å². The van der Waals surface area contributed by atoms with E-state index < -0.39 is 10.8 Å². The Kier molecular flexibility index (Phi) is 4.09. The summed E-state index contributed by atoms with van der Waals surface area (Å²) in [4.78, 5) is 23.4. The van der Waals surface area contributed by atoms with Crippen molar-refractivity contribution in [1.82, 2.24) is 15.1 Å². The summed E-state index contributed by atoms with van der Waals surface area (Å²) in [7, 11) is 1.56.